The number of halogens is 1. The quantitative estimate of drug-likeness (QED) is 0.463. The Morgan fingerprint density at radius 3 is 2.32 bits per heavy atom. The first-order chi connectivity index (χ1) is 16.3. The van der Waals surface area contributed by atoms with E-state index in [9.17, 15) is 18.0 Å². The van der Waals surface area contributed by atoms with Crippen LogP contribution in [-0.2, 0) is 24.3 Å². The fourth-order valence-corrected chi connectivity index (χ4v) is 5.93. The number of carbonyl (C=O) groups excluding carboxylic acids is 2. The van der Waals surface area contributed by atoms with Gasteiger partial charge in [0.15, 0.2) is 0 Å². The first-order valence-electron chi connectivity index (χ1n) is 10.9. The van der Waals surface area contributed by atoms with Gasteiger partial charge >= 0.3 is 0 Å². The minimum Gasteiger partial charge on any atom is -0.497 e. The molecule has 2 aromatic rings. The van der Waals surface area contributed by atoms with Crippen LogP contribution < -0.4 is 9.64 Å². The van der Waals surface area contributed by atoms with Crippen LogP contribution in [0.2, 0.25) is 0 Å². The summed E-state index contributed by atoms with van der Waals surface area (Å²) in [5.74, 6) is -0.461. The van der Waals surface area contributed by atoms with Gasteiger partial charge in [0.1, 0.15) is 11.8 Å². The zero-order valence-electron chi connectivity index (χ0n) is 18.7. The minimum absolute atomic E-state index is 0.0395. The molecule has 0 radical (unpaired) electrons. The lowest BCUT2D eigenvalue weighted by molar-refractivity contribution is -0.122. The molecule has 0 spiro atoms. The Hall–Kier alpha value is -2.31. The largest absolute Gasteiger partial charge is 0.497 e. The lowest BCUT2D eigenvalue weighted by Gasteiger charge is -2.31. The first-order valence-corrected chi connectivity index (χ1v) is 13.1. The second-order valence-corrected chi connectivity index (χ2v) is 10.8. The van der Waals surface area contributed by atoms with Crippen LogP contribution >= 0.6 is 15.9 Å². The van der Waals surface area contributed by atoms with Gasteiger partial charge in [-0.2, -0.15) is 4.31 Å². The summed E-state index contributed by atoms with van der Waals surface area (Å²) in [5, 5.41) is 0. The predicted octanol–water partition coefficient (Wildman–Crippen LogP) is 2.11. The van der Waals surface area contributed by atoms with E-state index < -0.39 is 27.9 Å². The number of benzene rings is 2. The Morgan fingerprint density at radius 2 is 1.71 bits per heavy atom. The minimum atomic E-state index is -4.07. The molecule has 182 valence electrons. The zero-order chi connectivity index (χ0) is 24.3. The van der Waals surface area contributed by atoms with Crippen molar-refractivity contribution in [1.82, 2.24) is 9.21 Å². The summed E-state index contributed by atoms with van der Waals surface area (Å²) in [6, 6.07) is 11.7. The monoisotopic (exact) mass is 551 g/mol. The topological polar surface area (TPSA) is 96.5 Å². The second kappa shape index (κ2) is 10.5. The third-order valence-corrected chi connectivity index (χ3v) is 8.41. The molecule has 2 aliphatic rings. The maximum atomic E-state index is 13.7. The standard InChI is InChI=1S/C23H26BrN3O6S/c1-32-19-6-8-20(9-7-19)34(30,31)26(11-10-25-12-14-33-15-13-25)21-16-22(28)27(23(21)29)18-4-2-17(24)3-5-18/h2-9,21H,10-16H2,1H3. The smallest absolute Gasteiger partial charge is 0.252 e. The van der Waals surface area contributed by atoms with Gasteiger partial charge in [0, 0.05) is 30.7 Å². The number of hydrogen-bond acceptors (Lipinski definition) is 7. The van der Waals surface area contributed by atoms with Crippen molar-refractivity contribution >= 4 is 43.5 Å². The Bertz CT molecular complexity index is 1130. The van der Waals surface area contributed by atoms with Crippen molar-refractivity contribution in [2.45, 2.75) is 17.4 Å². The maximum absolute atomic E-state index is 13.7. The number of nitrogens with zero attached hydrogens (tertiary/aromatic N) is 3. The number of anilines is 1. The van der Waals surface area contributed by atoms with Gasteiger partial charge in [-0.05, 0) is 48.5 Å². The lowest BCUT2D eigenvalue weighted by Crippen LogP contribution is -2.49. The van der Waals surface area contributed by atoms with Crippen LogP contribution in [0.25, 0.3) is 0 Å². The molecular formula is C23H26BrN3O6S. The van der Waals surface area contributed by atoms with Crippen LogP contribution in [0.3, 0.4) is 0 Å². The molecule has 1 atom stereocenters. The van der Waals surface area contributed by atoms with Gasteiger partial charge < -0.3 is 9.47 Å². The van der Waals surface area contributed by atoms with Crippen LogP contribution in [0.1, 0.15) is 6.42 Å². The second-order valence-electron chi connectivity index (χ2n) is 8.01. The highest BCUT2D eigenvalue weighted by molar-refractivity contribution is 9.10. The molecule has 0 saturated carbocycles. The van der Waals surface area contributed by atoms with Gasteiger partial charge in [-0.15, -0.1) is 0 Å². The van der Waals surface area contributed by atoms with Gasteiger partial charge in [-0.1, -0.05) is 15.9 Å². The van der Waals surface area contributed by atoms with E-state index in [-0.39, 0.29) is 17.9 Å². The molecule has 2 amide bonds. The number of imide groups is 1. The highest BCUT2D eigenvalue weighted by Gasteiger charge is 2.47. The predicted molar refractivity (Wildman–Crippen MR) is 129 cm³/mol. The molecule has 1 unspecified atom stereocenters. The average molecular weight is 552 g/mol. The summed E-state index contributed by atoms with van der Waals surface area (Å²) in [6.07, 6.45) is -0.215. The van der Waals surface area contributed by atoms with Gasteiger partial charge in [0.2, 0.25) is 15.9 Å². The fraction of sp³-hybridized carbons (Fsp3) is 0.391. The van der Waals surface area contributed by atoms with E-state index in [0.717, 1.165) is 9.37 Å². The van der Waals surface area contributed by atoms with Crippen molar-refractivity contribution in [3.63, 3.8) is 0 Å². The van der Waals surface area contributed by atoms with Gasteiger partial charge in [0.05, 0.1) is 37.3 Å². The molecule has 2 saturated heterocycles. The third-order valence-electron chi connectivity index (χ3n) is 5.96. The summed E-state index contributed by atoms with van der Waals surface area (Å²) in [6.45, 7) is 3.01. The van der Waals surface area contributed by atoms with E-state index in [0.29, 0.717) is 44.3 Å². The van der Waals surface area contributed by atoms with Gasteiger partial charge in [0.25, 0.3) is 5.91 Å². The molecular weight excluding hydrogens is 526 g/mol. The molecule has 9 nitrogen and oxygen atoms in total. The van der Waals surface area contributed by atoms with Crippen molar-refractivity contribution in [3.05, 3.63) is 53.0 Å². The molecule has 4 rings (SSSR count). The number of hydrogen-bond donors (Lipinski definition) is 0. The SMILES string of the molecule is COc1ccc(S(=O)(=O)N(CCN2CCOCC2)C2CC(=O)N(c3ccc(Br)cc3)C2=O)cc1. The zero-order valence-corrected chi connectivity index (χ0v) is 21.1. The van der Waals surface area contributed by atoms with Crippen molar-refractivity contribution < 1.29 is 27.5 Å². The highest BCUT2D eigenvalue weighted by Crippen LogP contribution is 2.30. The summed E-state index contributed by atoms with van der Waals surface area (Å²) in [7, 11) is -2.57. The van der Waals surface area contributed by atoms with Crippen LogP contribution in [0, 0.1) is 0 Å². The van der Waals surface area contributed by atoms with Crippen molar-refractivity contribution in [1.29, 1.82) is 0 Å². The molecule has 34 heavy (non-hydrogen) atoms. The van der Waals surface area contributed by atoms with E-state index in [1.807, 2.05) is 0 Å². The summed E-state index contributed by atoms with van der Waals surface area (Å²) >= 11 is 3.34. The summed E-state index contributed by atoms with van der Waals surface area (Å²) in [5.41, 5.74) is 0.413. The number of rotatable bonds is 8. The molecule has 2 heterocycles. The maximum Gasteiger partial charge on any atom is 0.252 e. The van der Waals surface area contributed by atoms with Crippen molar-refractivity contribution in [2.24, 2.45) is 0 Å². The highest BCUT2D eigenvalue weighted by atomic mass is 79.9. The number of carbonyl (C=O) groups is 2. The number of morpholine rings is 1. The molecule has 2 aromatic carbocycles. The molecule has 11 heteroatoms. The molecule has 0 aromatic heterocycles. The Labute approximate surface area is 207 Å². The van der Waals surface area contributed by atoms with Gasteiger partial charge in [-0.3, -0.25) is 14.5 Å². The average Bonchev–Trinajstić information content (AvgIpc) is 3.13. The first kappa shape index (κ1) is 24.8. The molecule has 0 N–H and O–H groups in total. The van der Waals surface area contributed by atoms with E-state index in [2.05, 4.69) is 20.8 Å². The lowest BCUT2D eigenvalue weighted by atomic mass is 10.2. The fourth-order valence-electron chi connectivity index (χ4n) is 4.09. The molecule has 0 aliphatic carbocycles. The number of sulfonamides is 1. The van der Waals surface area contributed by atoms with Crippen LogP contribution in [0.15, 0.2) is 57.9 Å². The molecule has 2 aliphatic heterocycles. The number of ether oxygens (including phenoxy) is 2. The molecule has 0 bridgehead atoms. The van der Waals surface area contributed by atoms with Crippen molar-refractivity contribution in [2.75, 3.05) is 51.4 Å². The Kier molecular flexibility index (Phi) is 7.68. The summed E-state index contributed by atoms with van der Waals surface area (Å²) < 4.78 is 39.9. The third kappa shape index (κ3) is 5.18. The molecule has 2 fully saturated rings. The van der Waals surface area contributed by atoms with E-state index in [1.54, 1.807) is 36.4 Å². The van der Waals surface area contributed by atoms with E-state index in [4.69, 9.17) is 9.47 Å². The van der Waals surface area contributed by atoms with Crippen LogP contribution in [0.5, 0.6) is 5.75 Å². The number of amides is 2. The normalized spacial score (nSPS) is 19.7. The van der Waals surface area contributed by atoms with Crippen LogP contribution in [-0.4, -0.2) is 82.0 Å². The Balaban J connectivity index is 1.64. The number of methoxy groups -OCH3 is 1. The van der Waals surface area contributed by atoms with E-state index in [1.165, 1.54) is 23.5 Å². The van der Waals surface area contributed by atoms with Crippen LogP contribution in [0.4, 0.5) is 5.69 Å². The Morgan fingerprint density at radius 1 is 1.06 bits per heavy atom. The van der Waals surface area contributed by atoms with Gasteiger partial charge in [-0.25, -0.2) is 13.3 Å². The van der Waals surface area contributed by atoms with Crippen molar-refractivity contribution in [3.8, 4) is 5.75 Å². The summed E-state index contributed by atoms with van der Waals surface area (Å²) in [4.78, 5) is 29.5. The van der Waals surface area contributed by atoms with E-state index >= 15 is 0 Å².